The highest BCUT2D eigenvalue weighted by atomic mass is 16.5. The van der Waals surface area contributed by atoms with Crippen molar-refractivity contribution >= 4 is 28.0 Å². The first-order valence-corrected chi connectivity index (χ1v) is 14.4. The van der Waals surface area contributed by atoms with E-state index in [4.69, 9.17) is 10.2 Å². The third-order valence-electron chi connectivity index (χ3n) is 7.42. The lowest BCUT2D eigenvalue weighted by molar-refractivity contribution is -0.929. The largest absolute Gasteiger partial charge is 0.456 e. The zero-order chi connectivity index (χ0) is 27.3. The number of hydrogen-bond acceptors (Lipinski definition) is 3. The minimum Gasteiger partial charge on any atom is -0.456 e. The summed E-state index contributed by atoms with van der Waals surface area (Å²) in [6.07, 6.45) is 11.1. The number of carbonyl (C=O) groups is 1. The van der Waals surface area contributed by atoms with Crippen LogP contribution in [0.4, 0.5) is 4.79 Å². The van der Waals surface area contributed by atoms with Crippen molar-refractivity contribution in [1.82, 2.24) is 5.06 Å². The number of para-hydroxylation sites is 1. The average Bonchev–Trinajstić information content (AvgIpc) is 3.29. The highest BCUT2D eigenvalue weighted by molar-refractivity contribution is 6.04. The molecule has 0 spiro atoms. The summed E-state index contributed by atoms with van der Waals surface area (Å²) < 4.78 is 7.19. The van der Waals surface area contributed by atoms with E-state index in [0.29, 0.717) is 10.6 Å². The number of urea groups is 1. The standard InChI is InChI=1S/C16H36N.C15H14N2O3/c1-5-9-13-17(14-10-6-2,15-11-7-3)16-12-8-4;1-9(17(19)15(16)18)10-6-7-12-11-4-2-3-5-13(11)20-14(12)8-10/h5-16H2,1-4H3;2-9,19H,1H3,(H2,16,18)/q+1;. The fraction of sp³-hybridized carbons (Fsp3) is 0.581. The number of unbranched alkanes of at least 4 members (excludes halogenated alkanes) is 4. The Morgan fingerprint density at radius 1 is 0.838 bits per heavy atom. The van der Waals surface area contributed by atoms with Gasteiger partial charge in [0.2, 0.25) is 0 Å². The smallest absolute Gasteiger partial charge is 0.339 e. The fourth-order valence-corrected chi connectivity index (χ4v) is 4.98. The highest BCUT2D eigenvalue weighted by Crippen LogP contribution is 2.31. The molecule has 2 amide bonds. The summed E-state index contributed by atoms with van der Waals surface area (Å²) in [6.45, 7) is 16.7. The van der Waals surface area contributed by atoms with Crippen molar-refractivity contribution in [2.75, 3.05) is 26.2 Å². The van der Waals surface area contributed by atoms with E-state index in [-0.39, 0.29) is 0 Å². The summed E-state index contributed by atoms with van der Waals surface area (Å²) in [4.78, 5) is 11.0. The number of hydrogen-bond donors (Lipinski definition) is 2. The molecule has 3 N–H and O–H groups in total. The normalized spacial score (nSPS) is 12.4. The van der Waals surface area contributed by atoms with Crippen molar-refractivity contribution in [3.63, 3.8) is 0 Å². The van der Waals surface area contributed by atoms with Crippen molar-refractivity contribution in [1.29, 1.82) is 0 Å². The summed E-state index contributed by atoms with van der Waals surface area (Å²) in [5.41, 5.74) is 7.33. The van der Waals surface area contributed by atoms with Crippen molar-refractivity contribution in [2.24, 2.45) is 5.73 Å². The molecule has 0 bridgehead atoms. The predicted molar refractivity (Wildman–Crippen MR) is 155 cm³/mol. The number of rotatable bonds is 14. The van der Waals surface area contributed by atoms with Gasteiger partial charge in [-0.25, -0.2) is 4.79 Å². The van der Waals surface area contributed by atoms with E-state index >= 15 is 0 Å². The second kappa shape index (κ2) is 15.6. The third-order valence-corrected chi connectivity index (χ3v) is 7.42. The first kappa shape index (κ1) is 30.7. The number of nitrogens with zero attached hydrogens (tertiary/aromatic N) is 2. The number of hydroxylamine groups is 2. The maximum Gasteiger partial charge on any atom is 0.339 e. The number of carbonyl (C=O) groups excluding carboxylic acids is 1. The maximum atomic E-state index is 11.0. The predicted octanol–water partition coefficient (Wildman–Crippen LogP) is 8.42. The molecule has 0 radical (unpaired) electrons. The summed E-state index contributed by atoms with van der Waals surface area (Å²) in [7, 11) is 0. The molecule has 6 heteroatoms. The topological polar surface area (TPSA) is 79.7 Å². The molecule has 0 saturated carbocycles. The van der Waals surface area contributed by atoms with Crippen LogP contribution in [0.1, 0.15) is 97.6 Å². The lowest BCUT2D eigenvalue weighted by atomic mass is 10.1. The molecule has 6 nitrogen and oxygen atoms in total. The Hall–Kier alpha value is -2.57. The lowest BCUT2D eigenvalue weighted by Crippen LogP contribution is -2.50. The van der Waals surface area contributed by atoms with Crippen molar-refractivity contribution in [2.45, 2.75) is 92.0 Å². The number of nitrogens with two attached hydrogens (primary N) is 1. The second-order valence-corrected chi connectivity index (χ2v) is 10.4. The maximum absolute atomic E-state index is 11.0. The molecule has 0 aliphatic heterocycles. The summed E-state index contributed by atoms with van der Waals surface area (Å²) in [6, 6.07) is 11.9. The van der Waals surface area contributed by atoms with Gasteiger partial charge < -0.3 is 14.6 Å². The van der Waals surface area contributed by atoms with Crippen LogP contribution in [0, 0.1) is 0 Å². The van der Waals surface area contributed by atoms with Crippen LogP contribution in [0.2, 0.25) is 0 Å². The monoisotopic (exact) mass is 512 g/mol. The molecule has 3 aromatic rings. The van der Waals surface area contributed by atoms with Gasteiger partial charge in [-0.2, -0.15) is 5.06 Å². The lowest BCUT2D eigenvalue weighted by Gasteiger charge is -2.39. The van der Waals surface area contributed by atoms with E-state index in [1.54, 1.807) is 6.92 Å². The second-order valence-electron chi connectivity index (χ2n) is 10.4. The summed E-state index contributed by atoms with van der Waals surface area (Å²) in [5.74, 6) is 0. The minimum absolute atomic E-state index is 0.504. The molecule has 1 unspecified atom stereocenters. The molecule has 1 atom stereocenters. The number of furan rings is 1. The molecule has 2 aromatic carbocycles. The first-order chi connectivity index (χ1) is 17.8. The number of quaternary nitrogens is 1. The Kier molecular flexibility index (Phi) is 12.9. The molecular formula is C31H50N3O3+. The van der Waals surface area contributed by atoms with Crippen LogP contribution < -0.4 is 5.73 Å². The van der Waals surface area contributed by atoms with E-state index in [0.717, 1.165) is 21.9 Å². The molecule has 3 rings (SSSR count). The third kappa shape index (κ3) is 8.75. The summed E-state index contributed by atoms with van der Waals surface area (Å²) in [5, 5.41) is 12.1. The Balaban J connectivity index is 0.000000265. The average molecular weight is 513 g/mol. The van der Waals surface area contributed by atoms with E-state index < -0.39 is 12.1 Å². The van der Waals surface area contributed by atoms with E-state index in [1.165, 1.54) is 82.0 Å². The molecule has 0 aliphatic rings. The number of amides is 2. The van der Waals surface area contributed by atoms with Gasteiger partial charge in [0.1, 0.15) is 11.2 Å². The van der Waals surface area contributed by atoms with Gasteiger partial charge in [-0.15, -0.1) is 0 Å². The molecular weight excluding hydrogens is 462 g/mol. The van der Waals surface area contributed by atoms with Gasteiger partial charge in [0.15, 0.2) is 0 Å². The Labute approximate surface area is 224 Å². The van der Waals surface area contributed by atoms with Gasteiger partial charge in [-0.1, -0.05) is 83.7 Å². The van der Waals surface area contributed by atoms with Crippen LogP contribution >= 0.6 is 0 Å². The molecule has 1 heterocycles. The quantitative estimate of drug-likeness (QED) is 0.129. The van der Waals surface area contributed by atoms with Crippen LogP contribution in [0.15, 0.2) is 46.9 Å². The van der Waals surface area contributed by atoms with E-state index in [9.17, 15) is 10.0 Å². The van der Waals surface area contributed by atoms with Gasteiger partial charge in [0.25, 0.3) is 0 Å². The Morgan fingerprint density at radius 2 is 1.32 bits per heavy atom. The fourth-order valence-electron chi connectivity index (χ4n) is 4.98. The molecule has 0 fully saturated rings. The van der Waals surface area contributed by atoms with Crippen LogP contribution in [0.3, 0.4) is 0 Å². The van der Waals surface area contributed by atoms with Gasteiger partial charge in [-0.3, -0.25) is 5.21 Å². The number of primary amides is 1. The van der Waals surface area contributed by atoms with Gasteiger partial charge in [0, 0.05) is 10.8 Å². The van der Waals surface area contributed by atoms with Crippen LogP contribution in [0.5, 0.6) is 0 Å². The zero-order valence-electron chi connectivity index (χ0n) is 23.8. The Morgan fingerprint density at radius 3 is 1.81 bits per heavy atom. The van der Waals surface area contributed by atoms with Crippen LogP contribution in [-0.4, -0.2) is 47.0 Å². The summed E-state index contributed by atoms with van der Waals surface area (Å²) >= 11 is 0. The molecule has 1 aromatic heterocycles. The zero-order valence-corrected chi connectivity index (χ0v) is 23.8. The van der Waals surface area contributed by atoms with E-state index in [1.807, 2.05) is 42.5 Å². The Bertz CT molecular complexity index is 1040. The van der Waals surface area contributed by atoms with Gasteiger partial charge in [-0.05, 0) is 50.3 Å². The van der Waals surface area contributed by atoms with Crippen LogP contribution in [0.25, 0.3) is 21.9 Å². The van der Waals surface area contributed by atoms with Crippen molar-refractivity contribution < 1.29 is 18.9 Å². The minimum atomic E-state index is -0.887. The molecule has 0 aliphatic carbocycles. The van der Waals surface area contributed by atoms with E-state index in [2.05, 4.69) is 27.7 Å². The molecule has 0 saturated heterocycles. The number of benzene rings is 2. The van der Waals surface area contributed by atoms with Gasteiger partial charge >= 0.3 is 6.03 Å². The van der Waals surface area contributed by atoms with Crippen molar-refractivity contribution in [3.05, 3.63) is 48.0 Å². The highest BCUT2D eigenvalue weighted by Gasteiger charge is 2.24. The van der Waals surface area contributed by atoms with Crippen molar-refractivity contribution in [3.8, 4) is 0 Å². The molecule has 206 valence electrons. The van der Waals surface area contributed by atoms with Gasteiger partial charge in [0.05, 0.1) is 32.2 Å². The number of fused-ring (bicyclic) bond motifs is 3. The SMILES string of the molecule is CC(c1ccc2c(c1)oc1ccccc12)N(O)C(N)=O.CCCC[N+](CCCC)(CCCC)CCCC. The van der Waals surface area contributed by atoms with Crippen LogP contribution in [-0.2, 0) is 0 Å². The first-order valence-electron chi connectivity index (χ1n) is 14.4. The molecule has 37 heavy (non-hydrogen) atoms.